The molecule has 0 saturated carbocycles. The van der Waals surface area contributed by atoms with Gasteiger partial charge in [-0.2, -0.15) is 0 Å². The summed E-state index contributed by atoms with van der Waals surface area (Å²) in [5, 5.41) is 3.10. The van der Waals surface area contributed by atoms with Gasteiger partial charge in [0.15, 0.2) is 0 Å². The fraction of sp³-hybridized carbons (Fsp3) is 0.630. The van der Waals surface area contributed by atoms with Gasteiger partial charge in [-0.3, -0.25) is 14.5 Å². The second kappa shape index (κ2) is 8.90. The number of rotatable bonds is 7. The predicted octanol–water partition coefficient (Wildman–Crippen LogP) is 4.46. The van der Waals surface area contributed by atoms with E-state index >= 15 is 0 Å². The van der Waals surface area contributed by atoms with Crippen molar-refractivity contribution in [1.29, 1.82) is 0 Å². The molecular formula is C27H38N2O2. The number of nitrogens with one attached hydrogen (secondary N) is 1. The molecule has 1 amide bonds. The lowest BCUT2D eigenvalue weighted by Crippen LogP contribution is -2.51. The molecule has 2 saturated heterocycles. The van der Waals surface area contributed by atoms with Crippen LogP contribution in [0.4, 0.5) is 0 Å². The summed E-state index contributed by atoms with van der Waals surface area (Å²) in [7, 11) is 0. The quantitative estimate of drug-likeness (QED) is 0.660. The molecule has 2 bridgehead atoms. The van der Waals surface area contributed by atoms with Crippen LogP contribution >= 0.6 is 0 Å². The third kappa shape index (κ3) is 5.46. The predicted molar refractivity (Wildman–Crippen MR) is 125 cm³/mol. The zero-order valence-electron chi connectivity index (χ0n) is 19.5. The van der Waals surface area contributed by atoms with Crippen LogP contribution in [0, 0.1) is 11.8 Å². The first-order valence-electron chi connectivity index (χ1n) is 12.0. The normalized spacial score (nSPS) is 26.0. The first kappa shape index (κ1) is 22.3. The summed E-state index contributed by atoms with van der Waals surface area (Å²) in [5.41, 5.74) is 3.60. The number of hydrogen-bond donors (Lipinski definition) is 1. The van der Waals surface area contributed by atoms with Crippen LogP contribution in [-0.2, 0) is 22.4 Å². The number of nitrogens with zero attached hydrogens (tertiary/aromatic N) is 1. The second-order valence-corrected chi connectivity index (χ2v) is 11.2. The smallest absolute Gasteiger partial charge is 0.234 e. The molecule has 1 aromatic carbocycles. The van der Waals surface area contributed by atoms with E-state index in [0.29, 0.717) is 36.8 Å². The van der Waals surface area contributed by atoms with E-state index in [1.807, 2.05) is 20.8 Å². The summed E-state index contributed by atoms with van der Waals surface area (Å²) in [6.45, 7) is 10.9. The van der Waals surface area contributed by atoms with E-state index < -0.39 is 0 Å². The van der Waals surface area contributed by atoms with E-state index in [1.165, 1.54) is 24.0 Å². The molecule has 1 N–H and O–H groups in total. The lowest BCUT2D eigenvalue weighted by Gasteiger charge is -2.39. The minimum absolute atomic E-state index is 0.133. The molecular weight excluding hydrogens is 384 g/mol. The van der Waals surface area contributed by atoms with Gasteiger partial charge in [-0.25, -0.2) is 0 Å². The van der Waals surface area contributed by atoms with Gasteiger partial charge >= 0.3 is 0 Å². The number of carbonyl (C=O) groups is 2. The van der Waals surface area contributed by atoms with Gasteiger partial charge in [0, 0.05) is 30.0 Å². The van der Waals surface area contributed by atoms with Crippen molar-refractivity contribution in [2.24, 2.45) is 11.8 Å². The molecule has 1 aliphatic carbocycles. The Morgan fingerprint density at radius 2 is 1.65 bits per heavy atom. The first-order valence-corrected chi connectivity index (χ1v) is 12.0. The third-order valence-corrected chi connectivity index (χ3v) is 7.33. The molecule has 2 heterocycles. The standard InChI is InChI=1S/C27H38N2O2/c1-18(12-25(30)22-15-20-7-5-6-8-21(20)16-22)11-19-13-23-9-10-24(14-19)29(23)17-26(31)28-27(2,3)4/h5-8,19,22-24H,1,9-17H2,2-4H3,(H,28,31)/t19?,23-,24?/m0/s1. The Bertz CT molecular complexity index is 814. The minimum atomic E-state index is -0.181. The molecule has 0 spiro atoms. The Morgan fingerprint density at radius 1 is 1.06 bits per heavy atom. The summed E-state index contributed by atoms with van der Waals surface area (Å²) in [6, 6.07) is 9.45. The number of Topliss-reactive ketones (excluding diaryl/α,β-unsaturated/α-hetero) is 1. The number of ketones is 1. The van der Waals surface area contributed by atoms with E-state index in [-0.39, 0.29) is 17.4 Å². The highest BCUT2D eigenvalue weighted by Gasteiger charge is 2.41. The number of carbonyl (C=O) groups excluding carboxylic acids is 2. The fourth-order valence-electron chi connectivity index (χ4n) is 6.09. The van der Waals surface area contributed by atoms with Crippen LogP contribution in [0.1, 0.15) is 70.4 Å². The van der Waals surface area contributed by atoms with Crippen LogP contribution in [0.15, 0.2) is 36.4 Å². The molecule has 4 heteroatoms. The van der Waals surface area contributed by atoms with Crippen LogP contribution in [0.2, 0.25) is 0 Å². The van der Waals surface area contributed by atoms with Gasteiger partial charge in [-0.15, -0.1) is 0 Å². The van der Waals surface area contributed by atoms with E-state index in [0.717, 1.165) is 37.7 Å². The molecule has 1 aromatic rings. The van der Waals surface area contributed by atoms with Gasteiger partial charge in [-0.1, -0.05) is 36.4 Å². The van der Waals surface area contributed by atoms with Crippen molar-refractivity contribution < 1.29 is 9.59 Å². The molecule has 168 valence electrons. The Kier molecular flexibility index (Phi) is 6.39. The first-order chi connectivity index (χ1) is 14.7. The zero-order valence-corrected chi connectivity index (χ0v) is 19.5. The molecule has 2 fully saturated rings. The number of piperidine rings is 1. The van der Waals surface area contributed by atoms with Crippen LogP contribution < -0.4 is 5.32 Å². The summed E-state index contributed by atoms with van der Waals surface area (Å²) in [6.07, 6.45) is 7.90. The van der Waals surface area contributed by atoms with E-state index in [1.54, 1.807) is 0 Å². The third-order valence-electron chi connectivity index (χ3n) is 7.33. The number of allylic oxidation sites excluding steroid dienone is 1. The lowest BCUT2D eigenvalue weighted by atomic mass is 9.84. The van der Waals surface area contributed by atoms with Gasteiger partial charge in [0.2, 0.25) is 5.91 Å². The van der Waals surface area contributed by atoms with E-state index in [4.69, 9.17) is 0 Å². The van der Waals surface area contributed by atoms with Crippen LogP contribution in [0.25, 0.3) is 0 Å². The second-order valence-electron chi connectivity index (χ2n) is 11.2. The Hall–Kier alpha value is -1.94. The van der Waals surface area contributed by atoms with E-state index in [9.17, 15) is 9.59 Å². The number of fused-ring (bicyclic) bond motifs is 3. The van der Waals surface area contributed by atoms with Crippen molar-refractivity contribution >= 4 is 11.7 Å². The monoisotopic (exact) mass is 422 g/mol. The minimum Gasteiger partial charge on any atom is -0.350 e. The Balaban J connectivity index is 1.24. The summed E-state index contributed by atoms with van der Waals surface area (Å²) in [5.74, 6) is 1.23. The summed E-state index contributed by atoms with van der Waals surface area (Å²) >= 11 is 0. The molecule has 3 aliphatic rings. The average Bonchev–Trinajstić information content (AvgIpc) is 3.19. The largest absolute Gasteiger partial charge is 0.350 e. The van der Waals surface area contributed by atoms with Crippen molar-refractivity contribution in [3.63, 3.8) is 0 Å². The average molecular weight is 423 g/mol. The lowest BCUT2D eigenvalue weighted by molar-refractivity contribution is -0.125. The van der Waals surface area contributed by atoms with Gasteiger partial charge in [0.25, 0.3) is 0 Å². The maximum absolute atomic E-state index is 12.9. The van der Waals surface area contributed by atoms with Crippen LogP contribution in [0.5, 0.6) is 0 Å². The van der Waals surface area contributed by atoms with Crippen molar-refractivity contribution in [1.82, 2.24) is 10.2 Å². The molecule has 4 nitrogen and oxygen atoms in total. The van der Waals surface area contributed by atoms with Crippen molar-refractivity contribution in [3.8, 4) is 0 Å². The van der Waals surface area contributed by atoms with Crippen molar-refractivity contribution in [2.45, 2.75) is 89.8 Å². The number of hydrogen-bond acceptors (Lipinski definition) is 3. The van der Waals surface area contributed by atoms with Crippen molar-refractivity contribution in [3.05, 3.63) is 47.5 Å². The molecule has 0 radical (unpaired) electrons. The highest BCUT2D eigenvalue weighted by atomic mass is 16.2. The number of amides is 1. The van der Waals surface area contributed by atoms with Crippen LogP contribution in [0.3, 0.4) is 0 Å². The number of benzene rings is 1. The molecule has 3 atom stereocenters. The van der Waals surface area contributed by atoms with Crippen LogP contribution in [-0.4, -0.2) is 40.8 Å². The van der Waals surface area contributed by atoms with Gasteiger partial charge < -0.3 is 5.32 Å². The molecule has 4 rings (SSSR count). The van der Waals surface area contributed by atoms with Gasteiger partial charge in [-0.05, 0) is 82.8 Å². The van der Waals surface area contributed by atoms with Gasteiger partial charge in [0.05, 0.1) is 6.54 Å². The summed E-state index contributed by atoms with van der Waals surface area (Å²) in [4.78, 5) is 27.7. The zero-order chi connectivity index (χ0) is 22.2. The maximum Gasteiger partial charge on any atom is 0.234 e. The van der Waals surface area contributed by atoms with Crippen molar-refractivity contribution in [2.75, 3.05) is 6.54 Å². The fourth-order valence-corrected chi connectivity index (χ4v) is 6.09. The topological polar surface area (TPSA) is 49.4 Å². The highest BCUT2D eigenvalue weighted by Crippen LogP contribution is 2.41. The molecule has 31 heavy (non-hydrogen) atoms. The van der Waals surface area contributed by atoms with E-state index in [2.05, 4.69) is 41.1 Å². The maximum atomic E-state index is 12.9. The van der Waals surface area contributed by atoms with Gasteiger partial charge in [0.1, 0.15) is 5.78 Å². The molecule has 0 aromatic heterocycles. The molecule has 2 aliphatic heterocycles. The molecule has 2 unspecified atom stereocenters. The Labute approximate surface area is 187 Å². The Morgan fingerprint density at radius 3 is 2.19 bits per heavy atom. The highest BCUT2D eigenvalue weighted by molar-refractivity contribution is 5.84. The SMILES string of the molecule is C=C(CC(=O)C1Cc2ccccc2C1)CC1CC2CC[C@@H](C1)N2CC(=O)NC(C)(C)C. The summed E-state index contributed by atoms with van der Waals surface area (Å²) < 4.78 is 0.